The lowest BCUT2D eigenvalue weighted by Crippen LogP contribution is -2.42. The number of nitrogens with one attached hydrogen (secondary N) is 2. The minimum Gasteiger partial charge on any atom is -0.494 e. The second kappa shape index (κ2) is 9.29. The lowest BCUT2D eigenvalue weighted by atomic mass is 10.1. The first kappa shape index (κ1) is 17.5. The molecule has 0 heterocycles. The summed E-state index contributed by atoms with van der Waals surface area (Å²) < 4.78 is 18.2. The van der Waals surface area contributed by atoms with E-state index in [-0.39, 0.29) is 30.5 Å². The summed E-state index contributed by atoms with van der Waals surface area (Å²) in [6.07, 6.45) is 0.843. The Morgan fingerprint density at radius 3 is 2.29 bits per heavy atom. The number of carbonyl (C=O) groups excluding carboxylic acids is 2. The molecule has 0 fully saturated rings. The van der Waals surface area contributed by atoms with Gasteiger partial charge in [-0.2, -0.15) is 0 Å². The summed E-state index contributed by atoms with van der Waals surface area (Å²) in [5, 5.41) is 0. The van der Waals surface area contributed by atoms with E-state index in [4.69, 9.17) is 4.74 Å². The zero-order valence-electron chi connectivity index (χ0n) is 13.1. The van der Waals surface area contributed by atoms with Crippen molar-refractivity contribution in [3.8, 4) is 5.75 Å². The average molecular weight is 330 g/mol. The Kier molecular flexibility index (Phi) is 6.76. The summed E-state index contributed by atoms with van der Waals surface area (Å²) in [7, 11) is 0. The van der Waals surface area contributed by atoms with E-state index in [1.54, 1.807) is 0 Å². The molecule has 24 heavy (non-hydrogen) atoms. The average Bonchev–Trinajstić information content (AvgIpc) is 2.60. The van der Waals surface area contributed by atoms with E-state index in [0.29, 0.717) is 18.6 Å². The molecule has 0 bridgehead atoms. The molecule has 2 amide bonds. The van der Waals surface area contributed by atoms with Crippen molar-refractivity contribution < 1.29 is 18.7 Å². The summed E-state index contributed by atoms with van der Waals surface area (Å²) in [6.45, 7) is 0.418. The standard InChI is InChI=1S/C18H19FN2O3/c19-15-10-8-14(9-11-15)13-18(23)21-20-17(22)7-4-12-24-16-5-2-1-3-6-16/h1-3,5-6,8-11H,4,7,12-13H2,(H,20,22)(H,21,23). The van der Waals surface area contributed by atoms with Crippen LogP contribution in [0.15, 0.2) is 54.6 Å². The van der Waals surface area contributed by atoms with Crippen molar-refractivity contribution in [1.29, 1.82) is 0 Å². The van der Waals surface area contributed by atoms with Gasteiger partial charge >= 0.3 is 0 Å². The van der Waals surface area contributed by atoms with E-state index in [2.05, 4.69) is 10.9 Å². The number of hydrazine groups is 1. The van der Waals surface area contributed by atoms with Crippen molar-refractivity contribution in [2.24, 2.45) is 0 Å². The van der Waals surface area contributed by atoms with E-state index in [1.807, 2.05) is 30.3 Å². The number of halogens is 1. The van der Waals surface area contributed by atoms with Crippen LogP contribution in [0, 0.1) is 5.82 Å². The maximum absolute atomic E-state index is 12.8. The first-order chi connectivity index (χ1) is 11.6. The van der Waals surface area contributed by atoms with Crippen LogP contribution in [0.25, 0.3) is 0 Å². The quantitative estimate of drug-likeness (QED) is 0.605. The molecule has 0 aromatic heterocycles. The third-order valence-electron chi connectivity index (χ3n) is 3.18. The maximum atomic E-state index is 12.8. The Bertz CT molecular complexity index is 660. The van der Waals surface area contributed by atoms with Crippen molar-refractivity contribution in [2.75, 3.05) is 6.61 Å². The highest BCUT2D eigenvalue weighted by Gasteiger charge is 2.06. The molecule has 0 radical (unpaired) electrons. The van der Waals surface area contributed by atoms with E-state index in [9.17, 15) is 14.0 Å². The first-order valence-corrected chi connectivity index (χ1v) is 7.63. The van der Waals surface area contributed by atoms with Crippen LogP contribution < -0.4 is 15.6 Å². The Balaban J connectivity index is 1.58. The molecular weight excluding hydrogens is 311 g/mol. The molecule has 2 N–H and O–H groups in total. The summed E-state index contributed by atoms with van der Waals surface area (Å²) in [5.41, 5.74) is 5.34. The molecule has 2 aromatic rings. The van der Waals surface area contributed by atoms with Crippen molar-refractivity contribution in [1.82, 2.24) is 10.9 Å². The lowest BCUT2D eigenvalue weighted by Gasteiger charge is -2.08. The topological polar surface area (TPSA) is 67.4 Å². The number of rotatable bonds is 7. The van der Waals surface area contributed by atoms with Gasteiger partial charge in [-0.3, -0.25) is 20.4 Å². The van der Waals surface area contributed by atoms with Gasteiger partial charge in [-0.05, 0) is 36.2 Å². The zero-order chi connectivity index (χ0) is 17.2. The minimum atomic E-state index is -0.365. The predicted molar refractivity (Wildman–Crippen MR) is 87.6 cm³/mol. The van der Waals surface area contributed by atoms with Crippen LogP contribution in [-0.2, 0) is 16.0 Å². The Morgan fingerprint density at radius 1 is 0.917 bits per heavy atom. The van der Waals surface area contributed by atoms with Gasteiger partial charge in [0.2, 0.25) is 11.8 Å². The van der Waals surface area contributed by atoms with Gasteiger partial charge in [0.1, 0.15) is 11.6 Å². The second-order valence-electron chi connectivity index (χ2n) is 5.16. The summed E-state index contributed by atoms with van der Waals surface area (Å²) in [5.74, 6) is -0.259. The monoisotopic (exact) mass is 330 g/mol. The van der Waals surface area contributed by atoms with Gasteiger partial charge in [0.25, 0.3) is 0 Å². The summed E-state index contributed by atoms with van der Waals surface area (Å²) >= 11 is 0. The second-order valence-corrected chi connectivity index (χ2v) is 5.16. The molecule has 6 heteroatoms. The Morgan fingerprint density at radius 2 is 1.58 bits per heavy atom. The van der Waals surface area contributed by atoms with Crippen LogP contribution in [0.5, 0.6) is 5.75 Å². The molecule has 0 aliphatic rings. The molecule has 126 valence electrons. The summed E-state index contributed by atoms with van der Waals surface area (Å²) in [6, 6.07) is 15.0. The number of hydrogen-bond acceptors (Lipinski definition) is 3. The van der Waals surface area contributed by atoms with Gasteiger partial charge in [0.15, 0.2) is 0 Å². The molecule has 0 saturated heterocycles. The highest BCUT2D eigenvalue weighted by atomic mass is 19.1. The fourth-order valence-electron chi connectivity index (χ4n) is 1.97. The van der Waals surface area contributed by atoms with E-state index in [0.717, 1.165) is 5.75 Å². The Hall–Kier alpha value is -2.89. The largest absolute Gasteiger partial charge is 0.494 e. The molecule has 0 aliphatic heterocycles. The number of para-hydroxylation sites is 1. The van der Waals surface area contributed by atoms with E-state index < -0.39 is 0 Å². The van der Waals surface area contributed by atoms with Crippen LogP contribution in [0.4, 0.5) is 4.39 Å². The van der Waals surface area contributed by atoms with Crippen molar-refractivity contribution in [3.63, 3.8) is 0 Å². The number of hydrogen-bond donors (Lipinski definition) is 2. The molecule has 5 nitrogen and oxygen atoms in total. The van der Waals surface area contributed by atoms with Gasteiger partial charge in [-0.25, -0.2) is 4.39 Å². The molecule has 2 aromatic carbocycles. The number of benzene rings is 2. The molecule has 0 aliphatic carbocycles. The third kappa shape index (κ3) is 6.48. The predicted octanol–water partition coefficient (Wildman–Crippen LogP) is 2.37. The molecule has 0 unspecified atom stereocenters. The molecule has 0 saturated carbocycles. The zero-order valence-corrected chi connectivity index (χ0v) is 13.1. The van der Waals surface area contributed by atoms with Gasteiger partial charge < -0.3 is 4.74 Å². The minimum absolute atomic E-state index is 0.0671. The highest BCUT2D eigenvalue weighted by Crippen LogP contribution is 2.08. The molecule has 0 atom stereocenters. The van der Waals surface area contributed by atoms with Crippen molar-refractivity contribution in [3.05, 3.63) is 66.0 Å². The van der Waals surface area contributed by atoms with Crippen LogP contribution in [0.1, 0.15) is 18.4 Å². The van der Waals surface area contributed by atoms with Gasteiger partial charge in [0.05, 0.1) is 13.0 Å². The normalized spacial score (nSPS) is 10.0. The fraction of sp³-hybridized carbons (Fsp3) is 0.222. The molecule has 0 spiro atoms. The molecule has 2 rings (SSSR count). The first-order valence-electron chi connectivity index (χ1n) is 7.63. The highest BCUT2D eigenvalue weighted by molar-refractivity contribution is 5.83. The number of ether oxygens (including phenoxy) is 1. The summed E-state index contributed by atoms with van der Waals surface area (Å²) in [4.78, 5) is 23.3. The van der Waals surface area contributed by atoms with Crippen molar-refractivity contribution in [2.45, 2.75) is 19.3 Å². The lowest BCUT2D eigenvalue weighted by molar-refractivity contribution is -0.128. The van der Waals surface area contributed by atoms with E-state index >= 15 is 0 Å². The Labute approximate surface area is 139 Å². The smallest absolute Gasteiger partial charge is 0.242 e. The van der Waals surface area contributed by atoms with Crippen LogP contribution in [0.2, 0.25) is 0 Å². The van der Waals surface area contributed by atoms with Crippen molar-refractivity contribution >= 4 is 11.8 Å². The van der Waals surface area contributed by atoms with Crippen LogP contribution in [0.3, 0.4) is 0 Å². The molecular formula is C18H19FN2O3. The fourth-order valence-corrected chi connectivity index (χ4v) is 1.97. The van der Waals surface area contributed by atoms with Crippen LogP contribution >= 0.6 is 0 Å². The van der Waals surface area contributed by atoms with E-state index in [1.165, 1.54) is 24.3 Å². The third-order valence-corrected chi connectivity index (χ3v) is 3.18. The van der Waals surface area contributed by atoms with Gasteiger partial charge in [-0.1, -0.05) is 30.3 Å². The van der Waals surface area contributed by atoms with Gasteiger partial charge in [0, 0.05) is 6.42 Å². The van der Waals surface area contributed by atoms with Gasteiger partial charge in [-0.15, -0.1) is 0 Å². The van der Waals surface area contributed by atoms with Crippen LogP contribution in [-0.4, -0.2) is 18.4 Å². The maximum Gasteiger partial charge on any atom is 0.242 e. The number of amides is 2. The SMILES string of the molecule is O=C(CCCOc1ccccc1)NNC(=O)Cc1ccc(F)cc1. The number of carbonyl (C=O) groups is 2.